The van der Waals surface area contributed by atoms with Crippen molar-refractivity contribution in [2.75, 3.05) is 0 Å². The Hall–Kier alpha value is -1.20. The quantitative estimate of drug-likeness (QED) is 0.669. The van der Waals surface area contributed by atoms with E-state index in [1.54, 1.807) is 0 Å². The highest BCUT2D eigenvalue weighted by atomic mass is 32.1. The smallest absolute Gasteiger partial charge is 0.313 e. The molecule has 0 radical (unpaired) electrons. The number of carbonyl (C=O) groups excluding carboxylic acids is 2. The van der Waals surface area contributed by atoms with E-state index in [9.17, 15) is 14.7 Å². The molecule has 5 heteroatoms. The molecule has 2 rings (SSSR count). The number of esters is 1. The zero-order chi connectivity index (χ0) is 14.8. The molecule has 1 fully saturated rings. The highest BCUT2D eigenvalue weighted by molar-refractivity contribution is 7.10. The van der Waals surface area contributed by atoms with Crippen molar-refractivity contribution >= 4 is 23.1 Å². The molecule has 4 nitrogen and oxygen atoms in total. The second kappa shape index (κ2) is 6.06. The van der Waals surface area contributed by atoms with E-state index < -0.39 is 11.6 Å². The minimum atomic E-state index is -0.693. The summed E-state index contributed by atoms with van der Waals surface area (Å²) in [6.07, 6.45) is 1.52. The van der Waals surface area contributed by atoms with Gasteiger partial charge in [-0.2, -0.15) is 0 Å². The third-order valence-electron chi connectivity index (χ3n) is 4.01. The van der Waals surface area contributed by atoms with Crippen molar-refractivity contribution in [1.82, 2.24) is 0 Å². The molecule has 1 saturated heterocycles. The zero-order valence-electron chi connectivity index (χ0n) is 11.8. The molecule has 0 bridgehead atoms. The zero-order valence-corrected chi connectivity index (χ0v) is 12.7. The molecule has 0 aromatic carbocycles. The van der Waals surface area contributed by atoms with Gasteiger partial charge in [-0.3, -0.25) is 9.59 Å². The highest BCUT2D eigenvalue weighted by Gasteiger charge is 2.43. The predicted molar refractivity (Wildman–Crippen MR) is 76.5 cm³/mol. The molecule has 1 N–H and O–H groups in total. The van der Waals surface area contributed by atoms with Gasteiger partial charge in [0.1, 0.15) is 17.8 Å². The highest BCUT2D eigenvalue weighted by Crippen LogP contribution is 2.36. The fourth-order valence-electron chi connectivity index (χ4n) is 2.68. The lowest BCUT2D eigenvalue weighted by atomic mass is 9.78. The summed E-state index contributed by atoms with van der Waals surface area (Å²) in [5.41, 5.74) is 0.382. The van der Waals surface area contributed by atoms with Crippen molar-refractivity contribution in [3.63, 3.8) is 0 Å². The van der Waals surface area contributed by atoms with Crippen LogP contribution in [-0.2, 0) is 27.4 Å². The average molecular weight is 296 g/mol. The van der Waals surface area contributed by atoms with Gasteiger partial charge in [0.25, 0.3) is 0 Å². The van der Waals surface area contributed by atoms with Gasteiger partial charge in [0.2, 0.25) is 0 Å². The maximum atomic E-state index is 11.7. The third-order valence-corrected chi connectivity index (χ3v) is 4.95. The van der Waals surface area contributed by atoms with Crippen LogP contribution in [-0.4, -0.2) is 22.5 Å². The summed E-state index contributed by atoms with van der Waals surface area (Å²) in [4.78, 5) is 24.3. The fourth-order valence-corrected chi connectivity index (χ4v) is 3.47. The Kier molecular flexibility index (Phi) is 4.60. The number of hydrogen-bond donors (Lipinski definition) is 1. The van der Waals surface area contributed by atoms with Gasteiger partial charge in [-0.05, 0) is 35.8 Å². The molecule has 1 atom stereocenters. The summed E-state index contributed by atoms with van der Waals surface area (Å²) in [5, 5.41) is 11.2. The first-order valence-electron chi connectivity index (χ1n) is 6.86. The number of carbonyl (C=O) groups is 2. The van der Waals surface area contributed by atoms with Crippen LogP contribution in [0.1, 0.15) is 43.6 Å². The van der Waals surface area contributed by atoms with Crippen LogP contribution in [0.15, 0.2) is 11.4 Å². The Morgan fingerprint density at radius 2 is 2.20 bits per heavy atom. The minimum Gasteiger partial charge on any atom is -0.458 e. The van der Waals surface area contributed by atoms with E-state index in [0.29, 0.717) is 19.3 Å². The summed E-state index contributed by atoms with van der Waals surface area (Å²) in [5.74, 6) is -0.364. The molecular formula is C15H20O4S. The summed E-state index contributed by atoms with van der Waals surface area (Å²) < 4.78 is 5.56. The van der Waals surface area contributed by atoms with Gasteiger partial charge in [-0.25, -0.2) is 0 Å². The number of aryl methyl sites for hydroxylation is 1. The number of hydrogen-bond acceptors (Lipinski definition) is 5. The maximum Gasteiger partial charge on any atom is 0.313 e. The van der Waals surface area contributed by atoms with Gasteiger partial charge in [0.15, 0.2) is 0 Å². The van der Waals surface area contributed by atoms with E-state index in [1.807, 2.05) is 25.3 Å². The lowest BCUT2D eigenvalue weighted by Gasteiger charge is -2.39. The molecule has 1 aliphatic rings. The van der Waals surface area contributed by atoms with E-state index >= 15 is 0 Å². The third kappa shape index (κ3) is 3.10. The molecule has 0 amide bonds. The van der Waals surface area contributed by atoms with Crippen LogP contribution in [0.4, 0.5) is 0 Å². The lowest BCUT2D eigenvalue weighted by Crippen LogP contribution is -2.47. The van der Waals surface area contributed by atoms with Crippen molar-refractivity contribution in [1.29, 1.82) is 0 Å². The van der Waals surface area contributed by atoms with Gasteiger partial charge < -0.3 is 9.84 Å². The number of cyclic esters (lactones) is 1. The average Bonchev–Trinajstić information content (AvgIpc) is 2.82. The summed E-state index contributed by atoms with van der Waals surface area (Å²) in [7, 11) is 0. The number of Topliss-reactive ketones (excluding diaryl/α,β-unsaturated/α-hetero) is 1. The summed E-state index contributed by atoms with van der Waals surface area (Å²) in [6, 6.07) is 1.98. The fraction of sp³-hybridized carbons (Fsp3) is 0.600. The van der Waals surface area contributed by atoms with E-state index in [1.165, 1.54) is 11.3 Å². The van der Waals surface area contributed by atoms with Crippen LogP contribution in [0, 0.1) is 5.92 Å². The van der Waals surface area contributed by atoms with Crippen molar-refractivity contribution in [2.24, 2.45) is 5.92 Å². The lowest BCUT2D eigenvalue weighted by molar-refractivity contribution is -0.177. The summed E-state index contributed by atoms with van der Waals surface area (Å²) >= 11 is 1.52. The molecular weight excluding hydrogens is 276 g/mol. The van der Waals surface area contributed by atoms with Crippen LogP contribution in [0.25, 0.3) is 0 Å². The molecule has 1 unspecified atom stereocenters. The Morgan fingerprint density at radius 1 is 1.45 bits per heavy atom. The van der Waals surface area contributed by atoms with Gasteiger partial charge >= 0.3 is 5.97 Å². The number of rotatable bonds is 5. The van der Waals surface area contributed by atoms with E-state index in [-0.39, 0.29) is 24.7 Å². The number of thiophene rings is 1. The monoisotopic (exact) mass is 296 g/mol. The van der Waals surface area contributed by atoms with Crippen molar-refractivity contribution in [3.8, 4) is 0 Å². The van der Waals surface area contributed by atoms with Gasteiger partial charge in [0.05, 0.1) is 6.61 Å². The first kappa shape index (κ1) is 15.2. The first-order valence-corrected chi connectivity index (χ1v) is 7.74. The van der Waals surface area contributed by atoms with Crippen LogP contribution in [0.3, 0.4) is 0 Å². The van der Waals surface area contributed by atoms with Crippen LogP contribution < -0.4 is 0 Å². The number of aliphatic hydroxyl groups is 1. The van der Waals surface area contributed by atoms with Crippen molar-refractivity contribution < 1.29 is 19.4 Å². The van der Waals surface area contributed by atoms with Crippen molar-refractivity contribution in [3.05, 3.63) is 21.9 Å². The molecule has 0 spiro atoms. The van der Waals surface area contributed by atoms with Crippen LogP contribution in [0.2, 0.25) is 0 Å². The summed E-state index contributed by atoms with van der Waals surface area (Å²) in [6.45, 7) is 3.99. The second-order valence-corrected chi connectivity index (χ2v) is 6.61. The van der Waals surface area contributed by atoms with Crippen LogP contribution in [0.5, 0.6) is 0 Å². The predicted octanol–water partition coefficient (Wildman–Crippen LogP) is 2.47. The molecule has 20 heavy (non-hydrogen) atoms. The Balaban J connectivity index is 2.13. The molecule has 1 aromatic heterocycles. The SMILES string of the molecule is CC(C)C1(CCc2ccsc2CO)CC(=O)CC(=O)O1. The Labute approximate surface area is 122 Å². The maximum absolute atomic E-state index is 11.7. The second-order valence-electron chi connectivity index (χ2n) is 5.61. The standard InChI is InChI=1S/C15H20O4S/c1-10(2)15(8-12(17)7-14(18)19-15)5-3-11-4-6-20-13(11)9-16/h4,6,10,16H,3,5,7-9H2,1-2H3. The van der Waals surface area contributed by atoms with Crippen LogP contribution >= 0.6 is 11.3 Å². The first-order chi connectivity index (χ1) is 9.47. The van der Waals surface area contributed by atoms with Crippen molar-refractivity contribution in [2.45, 2.75) is 51.7 Å². The van der Waals surface area contributed by atoms with E-state index in [4.69, 9.17) is 4.74 Å². The molecule has 1 aromatic rings. The molecule has 110 valence electrons. The largest absolute Gasteiger partial charge is 0.458 e. The molecule has 0 aliphatic carbocycles. The van der Waals surface area contributed by atoms with E-state index in [2.05, 4.69) is 0 Å². The Morgan fingerprint density at radius 3 is 2.80 bits per heavy atom. The van der Waals surface area contributed by atoms with Gasteiger partial charge in [0, 0.05) is 11.3 Å². The minimum absolute atomic E-state index is 0.0282. The van der Waals surface area contributed by atoms with Gasteiger partial charge in [-0.1, -0.05) is 13.8 Å². The molecule has 2 heterocycles. The topological polar surface area (TPSA) is 63.6 Å². The molecule has 0 saturated carbocycles. The number of ketones is 1. The van der Waals surface area contributed by atoms with E-state index in [0.717, 1.165) is 10.4 Å². The molecule has 1 aliphatic heterocycles. The van der Waals surface area contributed by atoms with Gasteiger partial charge in [-0.15, -0.1) is 11.3 Å². The number of ether oxygens (including phenoxy) is 1. The number of aliphatic hydroxyl groups excluding tert-OH is 1. The normalized spacial score (nSPS) is 23.2. The Bertz CT molecular complexity index is 488.